The first-order chi connectivity index (χ1) is 13.2. The molecule has 0 spiro atoms. The lowest BCUT2D eigenvalue weighted by molar-refractivity contribution is -0.127. The molecule has 3 atom stereocenters. The van der Waals surface area contributed by atoms with Crippen molar-refractivity contribution in [2.24, 2.45) is 11.1 Å². The third-order valence-electron chi connectivity index (χ3n) is 4.96. The first-order valence-electron chi connectivity index (χ1n) is 9.26. The number of hydrogen-bond donors (Lipinski definition) is 2. The molecule has 1 aliphatic heterocycles. The van der Waals surface area contributed by atoms with Gasteiger partial charge in [-0.15, -0.1) is 0 Å². The normalized spacial score (nSPS) is 21.0. The third-order valence-corrected chi connectivity index (χ3v) is 5.87. The zero-order valence-corrected chi connectivity index (χ0v) is 17.0. The van der Waals surface area contributed by atoms with E-state index in [4.69, 9.17) is 9.88 Å². The maximum atomic E-state index is 12.9. The maximum absolute atomic E-state index is 12.9. The number of ether oxygens (including phenoxy) is 1. The molecule has 8 nitrogen and oxygen atoms in total. The highest BCUT2D eigenvalue weighted by Crippen LogP contribution is 2.36. The minimum absolute atomic E-state index is 0.0222. The Balaban J connectivity index is 1.76. The van der Waals surface area contributed by atoms with Crippen LogP contribution in [0, 0.1) is 5.92 Å². The Morgan fingerprint density at radius 2 is 2.07 bits per heavy atom. The number of carbonyl (C=O) groups excluding carboxylic acids is 1. The average Bonchev–Trinajstić information content (AvgIpc) is 3.29. The Bertz CT molecular complexity index is 954. The molecule has 1 aromatic heterocycles. The Morgan fingerprint density at radius 1 is 1.32 bits per heavy atom. The minimum atomic E-state index is -3.80. The van der Waals surface area contributed by atoms with E-state index in [0.717, 1.165) is 5.69 Å². The number of rotatable bonds is 6. The van der Waals surface area contributed by atoms with E-state index in [1.807, 2.05) is 31.5 Å². The highest BCUT2D eigenvalue weighted by molar-refractivity contribution is 7.89. The molecule has 1 aromatic carbocycles. The van der Waals surface area contributed by atoms with Gasteiger partial charge >= 0.3 is 0 Å². The van der Waals surface area contributed by atoms with Crippen molar-refractivity contribution in [3.8, 4) is 0 Å². The van der Waals surface area contributed by atoms with Gasteiger partial charge in [-0.25, -0.2) is 13.6 Å². The number of amides is 1. The van der Waals surface area contributed by atoms with Crippen LogP contribution >= 0.6 is 0 Å². The Hall–Kier alpha value is -2.23. The summed E-state index contributed by atoms with van der Waals surface area (Å²) in [6.07, 6.45) is 1.98. The Kier molecular flexibility index (Phi) is 5.87. The largest absolute Gasteiger partial charge is 0.371 e. The summed E-state index contributed by atoms with van der Waals surface area (Å²) in [5.41, 5.74) is 1.55. The van der Waals surface area contributed by atoms with Crippen LogP contribution in [0.4, 0.5) is 0 Å². The van der Waals surface area contributed by atoms with Crippen LogP contribution in [0.25, 0.3) is 0 Å². The number of nitrogens with zero attached hydrogens (tertiary/aromatic N) is 2. The number of primary sulfonamides is 1. The SMILES string of the molecule is CC(C)n1nccc1[C@H]1OCC[C@@H]1C(=O)N[C@@H](C)c1cccc(S(N)(=O)=O)c1. The number of nitrogens with two attached hydrogens (primary N) is 1. The number of aromatic nitrogens is 2. The smallest absolute Gasteiger partial charge is 0.238 e. The molecule has 152 valence electrons. The average molecular weight is 407 g/mol. The first-order valence-corrected chi connectivity index (χ1v) is 10.8. The highest BCUT2D eigenvalue weighted by Gasteiger charge is 2.37. The predicted octanol–water partition coefficient (Wildman–Crippen LogP) is 2.07. The van der Waals surface area contributed by atoms with Gasteiger partial charge in [0.1, 0.15) is 6.10 Å². The van der Waals surface area contributed by atoms with Gasteiger partial charge in [-0.3, -0.25) is 9.48 Å². The molecule has 1 fully saturated rings. The van der Waals surface area contributed by atoms with Crippen molar-refractivity contribution in [2.75, 3.05) is 6.61 Å². The summed E-state index contributed by atoms with van der Waals surface area (Å²) in [5.74, 6) is -0.467. The minimum Gasteiger partial charge on any atom is -0.371 e. The van der Waals surface area contributed by atoms with Crippen LogP contribution in [0.15, 0.2) is 41.4 Å². The van der Waals surface area contributed by atoms with E-state index in [2.05, 4.69) is 10.4 Å². The number of sulfonamides is 1. The lowest BCUT2D eigenvalue weighted by Gasteiger charge is -2.23. The van der Waals surface area contributed by atoms with E-state index in [1.165, 1.54) is 12.1 Å². The van der Waals surface area contributed by atoms with Gasteiger partial charge < -0.3 is 10.1 Å². The van der Waals surface area contributed by atoms with Crippen molar-refractivity contribution < 1.29 is 17.9 Å². The fourth-order valence-corrected chi connectivity index (χ4v) is 4.06. The molecule has 2 heterocycles. The molecule has 1 aliphatic rings. The second kappa shape index (κ2) is 8.02. The van der Waals surface area contributed by atoms with Crippen molar-refractivity contribution in [3.63, 3.8) is 0 Å². The molecule has 3 rings (SSSR count). The zero-order valence-electron chi connectivity index (χ0n) is 16.2. The van der Waals surface area contributed by atoms with E-state index in [-0.39, 0.29) is 34.9 Å². The fourth-order valence-electron chi connectivity index (χ4n) is 3.50. The van der Waals surface area contributed by atoms with Gasteiger partial charge in [0.05, 0.1) is 22.5 Å². The van der Waals surface area contributed by atoms with Crippen molar-refractivity contribution in [2.45, 2.75) is 50.3 Å². The Labute approximate surface area is 165 Å². The third kappa shape index (κ3) is 4.26. The van der Waals surface area contributed by atoms with Gasteiger partial charge in [0, 0.05) is 18.8 Å². The summed E-state index contributed by atoms with van der Waals surface area (Å²) >= 11 is 0. The number of hydrogen-bond acceptors (Lipinski definition) is 5. The maximum Gasteiger partial charge on any atom is 0.238 e. The number of carbonyl (C=O) groups is 1. The summed E-state index contributed by atoms with van der Waals surface area (Å²) in [4.78, 5) is 13.0. The molecule has 0 radical (unpaired) electrons. The van der Waals surface area contributed by atoms with Crippen LogP contribution in [0.2, 0.25) is 0 Å². The first kappa shape index (κ1) is 20.5. The van der Waals surface area contributed by atoms with Gasteiger partial charge in [0.15, 0.2) is 0 Å². The summed E-state index contributed by atoms with van der Waals surface area (Å²) in [6, 6.07) is 7.97. The molecular formula is C19H26N4O4S. The van der Waals surface area contributed by atoms with Crippen molar-refractivity contribution in [1.29, 1.82) is 0 Å². The highest BCUT2D eigenvalue weighted by atomic mass is 32.2. The standard InChI is InChI=1S/C19H26N4O4S/c1-12(2)23-17(7-9-21-23)18-16(8-10-27-18)19(24)22-13(3)14-5-4-6-15(11-14)28(20,25)26/h4-7,9,11-13,16,18H,8,10H2,1-3H3,(H,22,24)(H2,20,25,26)/t13-,16-,18-/m0/s1. The van der Waals surface area contributed by atoms with Crippen LogP contribution in [-0.2, 0) is 19.6 Å². The van der Waals surface area contributed by atoms with E-state index in [9.17, 15) is 13.2 Å². The molecule has 0 saturated carbocycles. The topological polar surface area (TPSA) is 116 Å². The molecule has 1 amide bonds. The van der Waals surface area contributed by atoms with Gasteiger partial charge in [0.25, 0.3) is 0 Å². The van der Waals surface area contributed by atoms with E-state index in [0.29, 0.717) is 18.6 Å². The summed E-state index contributed by atoms with van der Waals surface area (Å²) in [6.45, 7) is 6.37. The van der Waals surface area contributed by atoms with E-state index >= 15 is 0 Å². The summed E-state index contributed by atoms with van der Waals surface area (Å²) in [7, 11) is -3.80. The summed E-state index contributed by atoms with van der Waals surface area (Å²) in [5, 5.41) is 12.5. The lowest BCUT2D eigenvalue weighted by atomic mass is 9.96. The second-order valence-electron chi connectivity index (χ2n) is 7.33. The molecule has 9 heteroatoms. The van der Waals surface area contributed by atoms with E-state index in [1.54, 1.807) is 18.3 Å². The number of benzene rings is 1. The quantitative estimate of drug-likeness (QED) is 0.762. The lowest BCUT2D eigenvalue weighted by Crippen LogP contribution is -2.34. The molecule has 2 aromatic rings. The van der Waals surface area contributed by atoms with Crippen LogP contribution in [-0.4, -0.2) is 30.7 Å². The van der Waals surface area contributed by atoms with Crippen molar-refractivity contribution in [3.05, 3.63) is 47.8 Å². The van der Waals surface area contributed by atoms with Gasteiger partial charge in [-0.2, -0.15) is 5.10 Å². The van der Waals surface area contributed by atoms with Crippen LogP contribution in [0.3, 0.4) is 0 Å². The second-order valence-corrected chi connectivity index (χ2v) is 8.89. The van der Waals surface area contributed by atoms with Crippen LogP contribution < -0.4 is 10.5 Å². The number of nitrogens with one attached hydrogen (secondary N) is 1. The predicted molar refractivity (Wildman–Crippen MR) is 104 cm³/mol. The molecule has 0 bridgehead atoms. The van der Waals surface area contributed by atoms with Gasteiger partial charge in [0.2, 0.25) is 15.9 Å². The molecule has 1 saturated heterocycles. The van der Waals surface area contributed by atoms with Crippen LogP contribution in [0.5, 0.6) is 0 Å². The van der Waals surface area contributed by atoms with Crippen molar-refractivity contribution >= 4 is 15.9 Å². The van der Waals surface area contributed by atoms with Crippen LogP contribution in [0.1, 0.15) is 56.6 Å². The summed E-state index contributed by atoms with van der Waals surface area (Å²) < 4.78 is 30.9. The molecule has 0 aliphatic carbocycles. The van der Waals surface area contributed by atoms with E-state index < -0.39 is 10.0 Å². The fraction of sp³-hybridized carbons (Fsp3) is 0.474. The molecule has 0 unspecified atom stereocenters. The monoisotopic (exact) mass is 406 g/mol. The van der Waals surface area contributed by atoms with Crippen molar-refractivity contribution in [1.82, 2.24) is 15.1 Å². The zero-order chi connectivity index (χ0) is 20.5. The molecule has 3 N–H and O–H groups in total. The van der Waals surface area contributed by atoms with Gasteiger partial charge in [-0.1, -0.05) is 12.1 Å². The molecule has 28 heavy (non-hydrogen) atoms. The molecular weight excluding hydrogens is 380 g/mol. The Morgan fingerprint density at radius 3 is 2.75 bits per heavy atom. The van der Waals surface area contributed by atoms with Gasteiger partial charge in [-0.05, 0) is 51.0 Å².